The maximum atomic E-state index is 13.3. The van der Waals surface area contributed by atoms with Gasteiger partial charge in [0.2, 0.25) is 5.13 Å². The Morgan fingerprint density at radius 2 is 1.65 bits per heavy atom. The fourth-order valence-corrected chi connectivity index (χ4v) is 5.11. The van der Waals surface area contributed by atoms with E-state index in [1.807, 2.05) is 30.3 Å². The molecule has 1 heterocycles. The van der Waals surface area contributed by atoms with Crippen molar-refractivity contribution < 1.29 is 17.2 Å². The van der Waals surface area contributed by atoms with Crippen LogP contribution in [0.3, 0.4) is 0 Å². The average molecular weight is 393 g/mol. The molecule has 5 nitrogen and oxygen atoms in total. The largest absolute Gasteiger partial charge is 0.263 e. The number of sulfonamides is 1. The van der Waals surface area contributed by atoms with Gasteiger partial charge in [0.05, 0.1) is 4.90 Å². The first kappa shape index (κ1) is 17.0. The summed E-state index contributed by atoms with van der Waals surface area (Å²) in [5.41, 5.74) is 0.880. The number of hydrogen-bond donors (Lipinski definition) is 1. The molecular formula is C17H13F2N3O2S2. The van der Waals surface area contributed by atoms with Crippen LogP contribution in [0.4, 0.5) is 13.9 Å². The standard InChI is InChI=1S/C17H13F2N3O2S2/c18-12-8-13(19)10-14(9-12)26(23,24)22-16-21-20-15(25-16)17(6-7-17)11-4-2-1-3-5-11/h1-5,8-10H,6-7H2,(H,21,22). The van der Waals surface area contributed by atoms with Crippen LogP contribution in [-0.2, 0) is 15.4 Å². The summed E-state index contributed by atoms with van der Waals surface area (Å²) in [5.74, 6) is -1.94. The van der Waals surface area contributed by atoms with Crippen molar-refractivity contribution in [1.29, 1.82) is 0 Å². The van der Waals surface area contributed by atoms with Crippen molar-refractivity contribution in [1.82, 2.24) is 10.2 Å². The van der Waals surface area contributed by atoms with Gasteiger partial charge in [-0.05, 0) is 30.5 Å². The first-order valence-corrected chi connectivity index (χ1v) is 10.1. The van der Waals surface area contributed by atoms with E-state index in [2.05, 4.69) is 14.9 Å². The van der Waals surface area contributed by atoms with Gasteiger partial charge in [-0.15, -0.1) is 10.2 Å². The highest BCUT2D eigenvalue weighted by atomic mass is 32.2. The molecule has 0 spiro atoms. The summed E-state index contributed by atoms with van der Waals surface area (Å²) in [6.45, 7) is 0. The molecule has 0 unspecified atom stereocenters. The molecule has 2 aromatic carbocycles. The van der Waals surface area contributed by atoms with E-state index in [-0.39, 0.29) is 10.5 Å². The van der Waals surface area contributed by atoms with Crippen molar-refractivity contribution in [3.8, 4) is 0 Å². The molecule has 3 aromatic rings. The molecule has 1 saturated carbocycles. The average Bonchev–Trinajstić information content (AvgIpc) is 3.28. The number of halogens is 2. The molecule has 4 rings (SSSR count). The van der Waals surface area contributed by atoms with Gasteiger partial charge < -0.3 is 0 Å². The number of hydrogen-bond acceptors (Lipinski definition) is 5. The summed E-state index contributed by atoms with van der Waals surface area (Å²) >= 11 is 1.13. The molecule has 0 aliphatic heterocycles. The van der Waals surface area contributed by atoms with Crippen molar-refractivity contribution in [2.45, 2.75) is 23.2 Å². The minimum atomic E-state index is -4.16. The summed E-state index contributed by atoms with van der Waals surface area (Å²) in [5, 5.41) is 8.80. The van der Waals surface area contributed by atoms with Gasteiger partial charge in [-0.3, -0.25) is 4.72 Å². The maximum absolute atomic E-state index is 13.3. The minimum Gasteiger partial charge on any atom is -0.253 e. The van der Waals surface area contributed by atoms with E-state index in [0.717, 1.165) is 41.9 Å². The Balaban J connectivity index is 1.61. The van der Waals surface area contributed by atoms with Crippen LogP contribution in [0.5, 0.6) is 0 Å². The lowest BCUT2D eigenvalue weighted by molar-refractivity contribution is 0.568. The summed E-state index contributed by atoms with van der Waals surface area (Å²) in [6.07, 6.45) is 1.82. The number of aromatic nitrogens is 2. The van der Waals surface area contributed by atoms with Crippen LogP contribution in [0.1, 0.15) is 23.4 Å². The lowest BCUT2D eigenvalue weighted by Gasteiger charge is -2.11. The number of nitrogens with one attached hydrogen (secondary N) is 1. The van der Waals surface area contributed by atoms with E-state index in [0.29, 0.717) is 11.1 Å². The first-order valence-electron chi connectivity index (χ1n) is 7.77. The van der Waals surface area contributed by atoms with Crippen LogP contribution < -0.4 is 4.72 Å². The second-order valence-corrected chi connectivity index (χ2v) is 8.73. The van der Waals surface area contributed by atoms with Gasteiger partial charge in [-0.25, -0.2) is 17.2 Å². The topological polar surface area (TPSA) is 72.0 Å². The van der Waals surface area contributed by atoms with Gasteiger partial charge in [0.1, 0.15) is 16.6 Å². The molecular weight excluding hydrogens is 380 g/mol. The Morgan fingerprint density at radius 3 is 2.27 bits per heavy atom. The summed E-state index contributed by atoms with van der Waals surface area (Å²) in [7, 11) is -4.16. The minimum absolute atomic E-state index is 0.0619. The second kappa shape index (κ2) is 6.10. The summed E-state index contributed by atoms with van der Waals surface area (Å²) in [6, 6.07) is 11.9. The highest BCUT2D eigenvalue weighted by Gasteiger charge is 2.49. The van der Waals surface area contributed by atoms with Crippen molar-refractivity contribution in [3.63, 3.8) is 0 Å². The molecule has 0 radical (unpaired) electrons. The molecule has 0 saturated heterocycles. The lowest BCUT2D eigenvalue weighted by Crippen LogP contribution is -2.13. The molecule has 1 fully saturated rings. The normalized spacial score (nSPS) is 15.6. The van der Waals surface area contributed by atoms with Crippen LogP contribution >= 0.6 is 11.3 Å². The van der Waals surface area contributed by atoms with Crippen LogP contribution in [0.25, 0.3) is 0 Å². The quantitative estimate of drug-likeness (QED) is 0.718. The Morgan fingerprint density at radius 1 is 1.00 bits per heavy atom. The van der Waals surface area contributed by atoms with Gasteiger partial charge in [-0.1, -0.05) is 41.7 Å². The Bertz CT molecular complexity index is 1040. The zero-order valence-corrected chi connectivity index (χ0v) is 14.9. The lowest BCUT2D eigenvalue weighted by atomic mass is 9.97. The predicted octanol–water partition coefficient (Wildman–Crippen LogP) is 3.70. The van der Waals surface area contributed by atoms with Crippen molar-refractivity contribution in [2.75, 3.05) is 4.72 Å². The number of anilines is 1. The second-order valence-electron chi connectivity index (χ2n) is 6.07. The maximum Gasteiger partial charge on any atom is 0.263 e. The number of nitrogens with zero attached hydrogens (tertiary/aromatic N) is 2. The monoisotopic (exact) mass is 393 g/mol. The fraction of sp³-hybridized carbons (Fsp3) is 0.176. The van der Waals surface area contributed by atoms with Gasteiger partial charge in [0.25, 0.3) is 10.0 Å². The summed E-state index contributed by atoms with van der Waals surface area (Å²) < 4.78 is 53.5. The van der Waals surface area contributed by atoms with Crippen molar-refractivity contribution in [2.24, 2.45) is 0 Å². The van der Waals surface area contributed by atoms with E-state index in [4.69, 9.17) is 0 Å². The van der Waals surface area contributed by atoms with Gasteiger partial charge in [-0.2, -0.15) is 0 Å². The molecule has 0 atom stereocenters. The molecule has 0 amide bonds. The highest BCUT2D eigenvalue weighted by molar-refractivity contribution is 7.93. The SMILES string of the molecule is O=S(=O)(Nc1nnc(C2(c3ccccc3)CC2)s1)c1cc(F)cc(F)c1. The van der Waals surface area contributed by atoms with E-state index >= 15 is 0 Å². The Labute approximate surface area is 152 Å². The van der Waals surface area contributed by atoms with E-state index in [1.165, 1.54) is 0 Å². The molecule has 1 N–H and O–H groups in total. The molecule has 1 aliphatic rings. The van der Waals surface area contributed by atoms with Gasteiger partial charge in [0, 0.05) is 11.5 Å². The number of rotatable bonds is 5. The first-order chi connectivity index (χ1) is 12.4. The van der Waals surface area contributed by atoms with Crippen molar-refractivity contribution >= 4 is 26.5 Å². The molecule has 26 heavy (non-hydrogen) atoms. The zero-order chi connectivity index (χ0) is 18.4. The third kappa shape index (κ3) is 3.08. The van der Waals surface area contributed by atoms with Crippen LogP contribution in [0.15, 0.2) is 53.4 Å². The van der Waals surface area contributed by atoms with Crippen LogP contribution in [-0.4, -0.2) is 18.6 Å². The predicted molar refractivity (Wildman–Crippen MR) is 93.5 cm³/mol. The Hall–Kier alpha value is -2.39. The third-order valence-electron chi connectivity index (χ3n) is 4.28. The third-order valence-corrected chi connectivity index (χ3v) is 6.77. The molecule has 134 valence electrons. The fourth-order valence-electron chi connectivity index (χ4n) is 2.82. The Kier molecular flexibility index (Phi) is 4.00. The van der Waals surface area contributed by atoms with E-state index in [1.54, 1.807) is 0 Å². The molecule has 1 aromatic heterocycles. The summed E-state index contributed by atoms with van der Waals surface area (Å²) in [4.78, 5) is -0.504. The molecule has 9 heteroatoms. The zero-order valence-electron chi connectivity index (χ0n) is 13.3. The van der Waals surface area contributed by atoms with E-state index < -0.39 is 26.6 Å². The smallest absolute Gasteiger partial charge is 0.253 e. The molecule has 0 bridgehead atoms. The van der Waals surface area contributed by atoms with Crippen molar-refractivity contribution in [3.05, 3.63) is 70.7 Å². The number of benzene rings is 2. The van der Waals surface area contributed by atoms with Gasteiger partial charge >= 0.3 is 0 Å². The van der Waals surface area contributed by atoms with Crippen LogP contribution in [0.2, 0.25) is 0 Å². The highest BCUT2D eigenvalue weighted by Crippen LogP contribution is 2.54. The van der Waals surface area contributed by atoms with Gasteiger partial charge in [0.15, 0.2) is 0 Å². The van der Waals surface area contributed by atoms with E-state index in [9.17, 15) is 17.2 Å². The molecule has 1 aliphatic carbocycles. The van der Waals surface area contributed by atoms with Crippen LogP contribution in [0, 0.1) is 11.6 Å².